The third-order valence-corrected chi connectivity index (χ3v) is 2.38. The van der Waals surface area contributed by atoms with Crippen LogP contribution < -0.4 is 11.1 Å². The lowest BCUT2D eigenvalue weighted by Gasteiger charge is -2.09. The first-order valence-corrected chi connectivity index (χ1v) is 5.28. The minimum absolute atomic E-state index is 0.00718. The maximum Gasteiger partial charge on any atom is 0.337 e. The van der Waals surface area contributed by atoms with Crippen LogP contribution in [0.15, 0.2) is 36.8 Å². The molecule has 2 rings (SSSR count). The molecule has 0 atom stereocenters. The highest BCUT2D eigenvalue weighted by atomic mass is 16.4. The first-order chi connectivity index (χ1) is 9.09. The van der Waals surface area contributed by atoms with E-state index in [0.717, 1.165) is 0 Å². The lowest BCUT2D eigenvalue weighted by molar-refractivity contribution is 0.0697. The Bertz CT molecular complexity index is 628. The van der Waals surface area contributed by atoms with Crippen molar-refractivity contribution in [2.24, 2.45) is 0 Å². The molecule has 0 saturated heterocycles. The fourth-order valence-corrected chi connectivity index (χ4v) is 1.46. The Morgan fingerprint density at radius 2 is 2.05 bits per heavy atom. The molecule has 0 saturated carbocycles. The Morgan fingerprint density at radius 1 is 1.26 bits per heavy atom. The van der Waals surface area contributed by atoms with Crippen molar-refractivity contribution in [1.82, 2.24) is 9.97 Å². The van der Waals surface area contributed by atoms with Gasteiger partial charge >= 0.3 is 5.97 Å². The zero-order chi connectivity index (χ0) is 13.8. The molecular weight excluding hydrogens is 248 g/mol. The average molecular weight is 258 g/mol. The first-order valence-electron chi connectivity index (χ1n) is 5.28. The van der Waals surface area contributed by atoms with Gasteiger partial charge in [0.2, 0.25) is 0 Å². The number of nitrogen functional groups attached to an aromatic ring is 1. The van der Waals surface area contributed by atoms with Crippen LogP contribution in [-0.2, 0) is 0 Å². The summed E-state index contributed by atoms with van der Waals surface area (Å²) in [5.74, 6) is -1.67. The molecule has 7 heteroatoms. The fraction of sp³-hybridized carbons (Fsp3) is 0. The predicted molar refractivity (Wildman–Crippen MR) is 67.8 cm³/mol. The molecule has 0 fully saturated rings. The number of benzene rings is 1. The summed E-state index contributed by atoms with van der Waals surface area (Å²) in [5.41, 5.74) is 5.93. The van der Waals surface area contributed by atoms with E-state index in [1.54, 1.807) is 0 Å². The Labute approximate surface area is 108 Å². The Hall–Kier alpha value is -2.96. The number of nitrogens with two attached hydrogens (primary N) is 1. The number of hydrogen-bond acceptors (Lipinski definition) is 5. The van der Waals surface area contributed by atoms with Crippen LogP contribution >= 0.6 is 0 Å². The van der Waals surface area contributed by atoms with E-state index in [2.05, 4.69) is 15.3 Å². The summed E-state index contributed by atoms with van der Waals surface area (Å²) in [5, 5.41) is 11.4. The summed E-state index contributed by atoms with van der Waals surface area (Å²) >= 11 is 0. The molecule has 19 heavy (non-hydrogen) atoms. The van der Waals surface area contributed by atoms with Crippen molar-refractivity contribution in [2.75, 3.05) is 11.1 Å². The van der Waals surface area contributed by atoms with E-state index in [0.29, 0.717) is 0 Å². The molecular formula is C12H10N4O3. The van der Waals surface area contributed by atoms with Gasteiger partial charge in [0.1, 0.15) is 5.69 Å². The van der Waals surface area contributed by atoms with Crippen LogP contribution in [0.3, 0.4) is 0 Å². The molecule has 2 aromatic rings. The average Bonchev–Trinajstić information content (AvgIpc) is 2.41. The number of carboxylic acids is 1. The molecule has 0 spiro atoms. The number of carbonyl (C=O) groups is 2. The molecule has 96 valence electrons. The molecule has 1 aromatic heterocycles. The Balaban J connectivity index is 2.27. The number of para-hydroxylation sites is 1. The monoisotopic (exact) mass is 258 g/mol. The maximum absolute atomic E-state index is 11.8. The largest absolute Gasteiger partial charge is 0.478 e. The van der Waals surface area contributed by atoms with Crippen LogP contribution in [-0.4, -0.2) is 27.0 Å². The molecule has 1 amide bonds. The molecule has 1 heterocycles. The van der Waals surface area contributed by atoms with Crippen LogP contribution in [0.2, 0.25) is 0 Å². The van der Waals surface area contributed by atoms with E-state index in [-0.39, 0.29) is 22.6 Å². The lowest BCUT2D eigenvalue weighted by Crippen LogP contribution is -2.16. The molecule has 0 aliphatic heterocycles. The van der Waals surface area contributed by atoms with Crippen molar-refractivity contribution in [3.8, 4) is 0 Å². The maximum atomic E-state index is 11.8. The summed E-state index contributed by atoms with van der Waals surface area (Å²) in [6, 6.07) is 4.36. The van der Waals surface area contributed by atoms with Crippen molar-refractivity contribution >= 4 is 23.3 Å². The zero-order valence-electron chi connectivity index (χ0n) is 9.70. The standard InChI is InChI=1S/C12H10N4O3/c13-10-7(12(18)19)2-1-3-8(10)16-11(17)9-6-14-4-5-15-9/h1-6H,13H2,(H,16,17)(H,18,19). The second-order valence-corrected chi connectivity index (χ2v) is 3.62. The van der Waals surface area contributed by atoms with Gasteiger partial charge < -0.3 is 16.2 Å². The molecule has 7 nitrogen and oxygen atoms in total. The van der Waals surface area contributed by atoms with E-state index in [9.17, 15) is 9.59 Å². The SMILES string of the molecule is Nc1c(NC(=O)c2cnccn2)cccc1C(=O)O. The number of carboxylic acid groups (broad SMARTS) is 1. The van der Waals surface area contributed by atoms with Crippen LogP contribution in [0.1, 0.15) is 20.8 Å². The fourth-order valence-electron chi connectivity index (χ4n) is 1.46. The third-order valence-electron chi connectivity index (χ3n) is 2.38. The second-order valence-electron chi connectivity index (χ2n) is 3.62. The number of aromatic carboxylic acids is 1. The van der Waals surface area contributed by atoms with Gasteiger partial charge in [0, 0.05) is 12.4 Å². The molecule has 0 unspecified atom stereocenters. The molecule has 1 aromatic carbocycles. The summed E-state index contributed by atoms with van der Waals surface area (Å²) < 4.78 is 0. The highest BCUT2D eigenvalue weighted by Gasteiger charge is 2.14. The number of amides is 1. The van der Waals surface area contributed by atoms with Gasteiger partial charge in [0.05, 0.1) is 23.1 Å². The van der Waals surface area contributed by atoms with Crippen LogP contribution in [0.25, 0.3) is 0 Å². The van der Waals surface area contributed by atoms with E-state index in [1.165, 1.54) is 36.8 Å². The third kappa shape index (κ3) is 2.65. The number of carbonyl (C=O) groups excluding carboxylic acids is 1. The van der Waals surface area contributed by atoms with Crippen LogP contribution in [0.4, 0.5) is 11.4 Å². The van der Waals surface area contributed by atoms with Gasteiger partial charge in [-0.25, -0.2) is 9.78 Å². The van der Waals surface area contributed by atoms with Crippen LogP contribution in [0.5, 0.6) is 0 Å². The van der Waals surface area contributed by atoms with Crippen LogP contribution in [0, 0.1) is 0 Å². The van der Waals surface area contributed by atoms with Gasteiger partial charge in [-0.2, -0.15) is 0 Å². The molecule has 4 N–H and O–H groups in total. The predicted octanol–water partition coefficient (Wildman–Crippen LogP) is 1.01. The minimum atomic E-state index is -1.16. The van der Waals surface area contributed by atoms with Crippen molar-refractivity contribution in [3.63, 3.8) is 0 Å². The van der Waals surface area contributed by atoms with E-state index >= 15 is 0 Å². The van der Waals surface area contributed by atoms with E-state index < -0.39 is 11.9 Å². The number of aromatic nitrogens is 2. The quantitative estimate of drug-likeness (QED) is 0.707. The van der Waals surface area contributed by atoms with Crippen molar-refractivity contribution in [2.45, 2.75) is 0 Å². The molecule has 0 aliphatic rings. The highest BCUT2D eigenvalue weighted by Crippen LogP contribution is 2.23. The molecule has 0 bridgehead atoms. The smallest absolute Gasteiger partial charge is 0.337 e. The Kier molecular flexibility index (Phi) is 3.37. The van der Waals surface area contributed by atoms with Gasteiger partial charge in [-0.1, -0.05) is 6.07 Å². The molecule has 0 aliphatic carbocycles. The van der Waals surface area contributed by atoms with E-state index in [4.69, 9.17) is 10.8 Å². The van der Waals surface area contributed by atoms with Gasteiger partial charge in [-0.15, -0.1) is 0 Å². The first kappa shape index (κ1) is 12.5. The number of hydrogen-bond donors (Lipinski definition) is 3. The van der Waals surface area contributed by atoms with Crippen molar-refractivity contribution in [1.29, 1.82) is 0 Å². The van der Waals surface area contributed by atoms with Gasteiger partial charge in [0.15, 0.2) is 0 Å². The Morgan fingerprint density at radius 3 is 2.68 bits per heavy atom. The second kappa shape index (κ2) is 5.13. The van der Waals surface area contributed by atoms with Gasteiger partial charge in [0.25, 0.3) is 5.91 Å². The summed E-state index contributed by atoms with van der Waals surface area (Å²) in [7, 11) is 0. The summed E-state index contributed by atoms with van der Waals surface area (Å²) in [6.07, 6.45) is 4.12. The zero-order valence-corrected chi connectivity index (χ0v) is 9.70. The summed E-state index contributed by atoms with van der Waals surface area (Å²) in [4.78, 5) is 30.3. The minimum Gasteiger partial charge on any atom is -0.478 e. The van der Waals surface area contributed by atoms with Crippen molar-refractivity contribution in [3.05, 3.63) is 48.0 Å². The lowest BCUT2D eigenvalue weighted by atomic mass is 10.1. The van der Waals surface area contributed by atoms with Gasteiger partial charge in [-0.3, -0.25) is 9.78 Å². The molecule has 0 radical (unpaired) electrons. The topological polar surface area (TPSA) is 118 Å². The van der Waals surface area contributed by atoms with Gasteiger partial charge in [-0.05, 0) is 12.1 Å². The van der Waals surface area contributed by atoms with Crippen molar-refractivity contribution < 1.29 is 14.7 Å². The number of anilines is 2. The normalized spacial score (nSPS) is 9.89. The summed E-state index contributed by atoms with van der Waals surface area (Å²) in [6.45, 7) is 0. The highest BCUT2D eigenvalue weighted by molar-refractivity contribution is 6.06. The number of nitrogens with one attached hydrogen (secondary N) is 1. The number of nitrogens with zero attached hydrogens (tertiary/aromatic N) is 2. The number of rotatable bonds is 3. The van der Waals surface area contributed by atoms with E-state index in [1.807, 2.05) is 0 Å².